The number of likely N-dealkylation sites (tertiary alicyclic amines) is 1. The molecule has 0 aliphatic carbocycles. The first-order valence-electron chi connectivity index (χ1n) is 10.7. The fourth-order valence-electron chi connectivity index (χ4n) is 5.10. The van der Waals surface area contributed by atoms with Gasteiger partial charge in [-0.2, -0.15) is 0 Å². The van der Waals surface area contributed by atoms with Gasteiger partial charge < -0.3 is 14.5 Å². The van der Waals surface area contributed by atoms with Gasteiger partial charge in [-0.25, -0.2) is 14.5 Å². The van der Waals surface area contributed by atoms with Crippen LogP contribution in [0.25, 0.3) is 10.8 Å². The molecule has 0 spiro atoms. The number of hydrogen-bond acceptors (Lipinski definition) is 6. The Kier molecular flexibility index (Phi) is 4.72. The summed E-state index contributed by atoms with van der Waals surface area (Å²) >= 11 is 0. The van der Waals surface area contributed by atoms with E-state index in [1.807, 2.05) is 6.92 Å². The topological polar surface area (TPSA) is 113 Å². The van der Waals surface area contributed by atoms with Gasteiger partial charge in [-0.1, -0.05) is 31.5 Å². The zero-order chi connectivity index (χ0) is 22.6. The largest absolute Gasteiger partial charge is 0.449 e. The van der Waals surface area contributed by atoms with Crippen LogP contribution in [0.5, 0.6) is 0 Å². The van der Waals surface area contributed by atoms with Crippen molar-refractivity contribution in [2.24, 2.45) is 0 Å². The van der Waals surface area contributed by atoms with Crippen molar-refractivity contribution in [2.75, 3.05) is 18.1 Å². The lowest BCUT2D eigenvalue weighted by Crippen LogP contribution is -2.55. The lowest BCUT2D eigenvalue weighted by Gasteiger charge is -2.34. The first-order chi connectivity index (χ1) is 15.4. The summed E-state index contributed by atoms with van der Waals surface area (Å²) in [6.07, 6.45) is 1.76. The molecule has 10 heteroatoms. The number of non-ortho nitro benzene ring substituents is 1. The molecule has 0 saturated carbocycles. The van der Waals surface area contributed by atoms with Gasteiger partial charge in [-0.05, 0) is 25.0 Å². The number of nitrogens with zero attached hydrogens (tertiary/aromatic N) is 4. The van der Waals surface area contributed by atoms with Crippen LogP contribution in [-0.2, 0) is 9.53 Å². The number of carbonyl (C=O) groups excluding carboxylic acids is 3. The molecule has 32 heavy (non-hydrogen) atoms. The predicted octanol–water partition coefficient (Wildman–Crippen LogP) is 3.28. The van der Waals surface area contributed by atoms with E-state index in [1.165, 1.54) is 12.1 Å². The van der Waals surface area contributed by atoms with Gasteiger partial charge in [-0.3, -0.25) is 14.9 Å². The highest BCUT2D eigenvalue weighted by Gasteiger charge is 2.63. The fourth-order valence-corrected chi connectivity index (χ4v) is 5.10. The molecule has 3 heterocycles. The Hall–Kier alpha value is -3.69. The van der Waals surface area contributed by atoms with Gasteiger partial charge >= 0.3 is 12.1 Å². The molecular weight excluding hydrogens is 416 g/mol. The molecule has 5 rings (SSSR count). The molecule has 166 valence electrons. The van der Waals surface area contributed by atoms with E-state index >= 15 is 0 Å². The number of hydrogen-bond donors (Lipinski definition) is 0. The fraction of sp³-hybridized carbons (Fsp3) is 0.409. The minimum absolute atomic E-state index is 0.0926. The average molecular weight is 438 g/mol. The maximum absolute atomic E-state index is 13.4. The molecule has 3 unspecified atom stereocenters. The summed E-state index contributed by atoms with van der Waals surface area (Å²) in [4.78, 5) is 54.4. The number of urea groups is 1. The number of anilines is 1. The molecular formula is C22H22N4O6. The number of nitro benzene ring substituents is 1. The number of imide groups is 1. The molecule has 3 saturated heterocycles. The molecule has 3 aliphatic rings. The Morgan fingerprint density at radius 2 is 1.94 bits per heavy atom. The van der Waals surface area contributed by atoms with Crippen LogP contribution in [0.2, 0.25) is 0 Å². The number of amides is 4. The Balaban J connectivity index is 1.47. The van der Waals surface area contributed by atoms with Crippen LogP contribution in [0, 0.1) is 10.1 Å². The van der Waals surface area contributed by atoms with Gasteiger partial charge in [0, 0.05) is 18.0 Å². The van der Waals surface area contributed by atoms with Gasteiger partial charge in [-0.15, -0.1) is 0 Å². The van der Waals surface area contributed by atoms with Crippen molar-refractivity contribution in [2.45, 2.75) is 44.3 Å². The zero-order valence-electron chi connectivity index (χ0n) is 17.5. The van der Waals surface area contributed by atoms with Gasteiger partial charge in [0.25, 0.3) is 11.6 Å². The molecule has 0 N–H and O–H groups in total. The lowest BCUT2D eigenvalue weighted by molar-refractivity contribution is -0.383. The average Bonchev–Trinajstić information content (AvgIpc) is 3.44. The number of nitro groups is 1. The summed E-state index contributed by atoms with van der Waals surface area (Å²) in [5, 5.41) is 12.2. The molecule has 2 aromatic rings. The molecule has 3 fully saturated rings. The van der Waals surface area contributed by atoms with E-state index in [-0.39, 0.29) is 11.7 Å². The number of unbranched alkanes of at least 4 members (excludes halogenated alkanes) is 1. The normalized spacial score (nSPS) is 23.9. The summed E-state index contributed by atoms with van der Waals surface area (Å²) < 4.78 is 5.33. The van der Waals surface area contributed by atoms with Crippen LogP contribution in [0.4, 0.5) is 21.0 Å². The number of ether oxygens (including phenoxy) is 1. The number of fused-ring (bicyclic) bond motifs is 6. The van der Waals surface area contributed by atoms with E-state index in [1.54, 1.807) is 34.1 Å². The van der Waals surface area contributed by atoms with Gasteiger partial charge in [0.1, 0.15) is 6.04 Å². The Morgan fingerprint density at radius 1 is 1.19 bits per heavy atom. The van der Waals surface area contributed by atoms with Crippen molar-refractivity contribution in [1.82, 2.24) is 9.80 Å². The summed E-state index contributed by atoms with van der Waals surface area (Å²) in [5.41, 5.74) is 0.220. The van der Waals surface area contributed by atoms with Crippen LogP contribution in [0.1, 0.15) is 26.2 Å². The monoisotopic (exact) mass is 438 g/mol. The van der Waals surface area contributed by atoms with Gasteiger partial charge in [0.15, 0.2) is 0 Å². The van der Waals surface area contributed by atoms with Crippen molar-refractivity contribution in [3.63, 3.8) is 0 Å². The molecule has 4 amide bonds. The van der Waals surface area contributed by atoms with Crippen molar-refractivity contribution < 1.29 is 24.0 Å². The Labute approximate surface area is 183 Å². The number of piperazine rings is 1. The second-order valence-electron chi connectivity index (χ2n) is 8.29. The standard InChI is InChI=1S/C22H22N4O6/c1-2-3-10-32-22(29)23-12-13-11-18(23)19-20(27)25(21(28)24(13)19)16-8-9-17(26(30)31)15-7-5-4-6-14(15)16/h4-9,13,18-19H,2-3,10-12H2,1H3. The number of benzene rings is 2. The maximum Gasteiger partial charge on any atom is 0.410 e. The summed E-state index contributed by atoms with van der Waals surface area (Å²) in [6, 6.07) is 7.49. The van der Waals surface area contributed by atoms with E-state index in [0.717, 1.165) is 17.7 Å². The Bertz CT molecular complexity index is 1150. The third-order valence-corrected chi connectivity index (χ3v) is 6.54. The van der Waals surface area contributed by atoms with Crippen LogP contribution in [0.3, 0.4) is 0 Å². The summed E-state index contributed by atoms with van der Waals surface area (Å²) in [5.74, 6) is -0.424. The third-order valence-electron chi connectivity index (χ3n) is 6.54. The highest BCUT2D eigenvalue weighted by atomic mass is 16.6. The molecule has 10 nitrogen and oxygen atoms in total. The van der Waals surface area contributed by atoms with Crippen LogP contribution in [0.15, 0.2) is 36.4 Å². The minimum atomic E-state index is -0.770. The van der Waals surface area contributed by atoms with Crippen LogP contribution < -0.4 is 4.90 Å². The van der Waals surface area contributed by atoms with Crippen molar-refractivity contribution in [3.8, 4) is 0 Å². The van der Waals surface area contributed by atoms with E-state index in [9.17, 15) is 24.5 Å². The summed E-state index contributed by atoms with van der Waals surface area (Å²) in [6.45, 7) is 2.66. The first kappa shape index (κ1) is 20.2. The van der Waals surface area contributed by atoms with Gasteiger partial charge in [0.2, 0.25) is 0 Å². The van der Waals surface area contributed by atoms with Gasteiger partial charge in [0.05, 0.1) is 34.7 Å². The maximum atomic E-state index is 13.4. The minimum Gasteiger partial charge on any atom is -0.449 e. The molecule has 0 radical (unpaired) electrons. The van der Waals surface area contributed by atoms with Crippen molar-refractivity contribution >= 4 is 40.2 Å². The highest BCUT2D eigenvalue weighted by Crippen LogP contribution is 2.44. The second kappa shape index (κ2) is 7.47. The SMILES string of the molecule is CCCCOC(=O)N1CC2CC1C1C(=O)N(c3ccc([N+](=O)[O-])c4ccccc34)C(=O)N21. The lowest BCUT2D eigenvalue weighted by atomic mass is 10.0. The van der Waals surface area contributed by atoms with E-state index in [4.69, 9.17) is 4.74 Å². The third kappa shape index (κ3) is 2.82. The second-order valence-corrected chi connectivity index (χ2v) is 8.29. The van der Waals surface area contributed by atoms with Crippen LogP contribution in [-0.4, -0.2) is 64.0 Å². The first-order valence-corrected chi connectivity index (χ1v) is 10.7. The molecule has 0 aromatic heterocycles. The van der Waals surface area contributed by atoms with E-state index < -0.39 is 35.0 Å². The quantitative estimate of drug-likeness (QED) is 0.306. The molecule has 3 atom stereocenters. The van der Waals surface area contributed by atoms with E-state index in [0.29, 0.717) is 36.0 Å². The van der Waals surface area contributed by atoms with Crippen molar-refractivity contribution in [1.29, 1.82) is 0 Å². The molecule has 2 aromatic carbocycles. The molecule has 3 aliphatic heterocycles. The number of carbonyl (C=O) groups is 3. The zero-order valence-corrected chi connectivity index (χ0v) is 17.5. The number of rotatable bonds is 5. The van der Waals surface area contributed by atoms with Crippen molar-refractivity contribution in [3.05, 3.63) is 46.5 Å². The molecule has 2 bridgehead atoms. The summed E-state index contributed by atoms with van der Waals surface area (Å²) in [7, 11) is 0. The van der Waals surface area contributed by atoms with E-state index in [2.05, 4.69) is 0 Å². The predicted molar refractivity (Wildman–Crippen MR) is 114 cm³/mol. The van der Waals surface area contributed by atoms with Crippen LogP contribution >= 0.6 is 0 Å². The highest BCUT2D eigenvalue weighted by molar-refractivity contribution is 6.25. The Morgan fingerprint density at radius 3 is 2.66 bits per heavy atom. The smallest absolute Gasteiger partial charge is 0.410 e.